The standard InChI is InChI=1S/C14H13ClFNO3S/c1-20-9-5-6-13(17)14(7-9)21(18,19)8-10-11(15)3-2-4-12(10)16/h2-7H,8,17H2,1H3. The van der Waals surface area contributed by atoms with Gasteiger partial charge in [-0.05, 0) is 24.3 Å². The maximum atomic E-state index is 13.7. The van der Waals surface area contributed by atoms with Crippen LogP contribution in [0.5, 0.6) is 5.75 Å². The minimum atomic E-state index is -3.85. The number of hydrogen-bond acceptors (Lipinski definition) is 4. The largest absolute Gasteiger partial charge is 0.497 e. The van der Waals surface area contributed by atoms with Crippen LogP contribution in [0.3, 0.4) is 0 Å². The summed E-state index contributed by atoms with van der Waals surface area (Å²) in [5, 5.41) is 0.0556. The number of ether oxygens (including phenoxy) is 1. The molecule has 0 amide bonds. The van der Waals surface area contributed by atoms with Gasteiger partial charge in [-0.2, -0.15) is 0 Å². The number of nitrogens with two attached hydrogens (primary N) is 1. The number of hydrogen-bond donors (Lipinski definition) is 1. The van der Waals surface area contributed by atoms with E-state index in [0.717, 1.165) is 6.07 Å². The lowest BCUT2D eigenvalue weighted by atomic mass is 10.2. The molecule has 2 aromatic carbocycles. The van der Waals surface area contributed by atoms with Crippen molar-refractivity contribution in [3.05, 3.63) is 52.8 Å². The Morgan fingerprint density at radius 1 is 1.29 bits per heavy atom. The molecular weight excluding hydrogens is 317 g/mol. The summed E-state index contributed by atoms with van der Waals surface area (Å²) < 4.78 is 43.6. The van der Waals surface area contributed by atoms with Crippen molar-refractivity contribution in [1.82, 2.24) is 0 Å². The third-order valence-corrected chi connectivity index (χ3v) is 5.00. The van der Waals surface area contributed by atoms with Crippen molar-refractivity contribution < 1.29 is 17.5 Å². The molecule has 2 aromatic rings. The van der Waals surface area contributed by atoms with Crippen molar-refractivity contribution in [2.45, 2.75) is 10.6 Å². The highest BCUT2D eigenvalue weighted by Gasteiger charge is 2.22. The fourth-order valence-corrected chi connectivity index (χ4v) is 3.71. The molecule has 0 aliphatic heterocycles. The number of rotatable bonds is 4. The van der Waals surface area contributed by atoms with Crippen molar-refractivity contribution in [3.8, 4) is 5.75 Å². The summed E-state index contributed by atoms with van der Waals surface area (Å²) in [6.45, 7) is 0. The van der Waals surface area contributed by atoms with E-state index in [1.807, 2.05) is 0 Å². The van der Waals surface area contributed by atoms with Gasteiger partial charge in [0.15, 0.2) is 9.84 Å². The summed E-state index contributed by atoms with van der Waals surface area (Å²) in [7, 11) is -2.44. The predicted octanol–water partition coefficient (Wildman–Crippen LogP) is 3.04. The Morgan fingerprint density at radius 3 is 2.62 bits per heavy atom. The molecule has 0 unspecified atom stereocenters. The normalized spacial score (nSPS) is 11.4. The number of methoxy groups -OCH3 is 1. The van der Waals surface area contributed by atoms with Gasteiger partial charge in [0.25, 0.3) is 0 Å². The van der Waals surface area contributed by atoms with Gasteiger partial charge in [0.05, 0.1) is 23.4 Å². The molecule has 7 heteroatoms. The molecule has 0 radical (unpaired) electrons. The van der Waals surface area contributed by atoms with Gasteiger partial charge in [-0.15, -0.1) is 0 Å². The van der Waals surface area contributed by atoms with Crippen LogP contribution in [0.2, 0.25) is 5.02 Å². The Kier molecular flexibility index (Phi) is 4.39. The van der Waals surface area contributed by atoms with Crippen molar-refractivity contribution in [2.24, 2.45) is 0 Å². The van der Waals surface area contributed by atoms with E-state index in [-0.39, 0.29) is 21.2 Å². The third kappa shape index (κ3) is 3.28. The Balaban J connectivity index is 2.48. The van der Waals surface area contributed by atoms with Crippen molar-refractivity contribution in [1.29, 1.82) is 0 Å². The Bertz CT molecular complexity index is 758. The number of anilines is 1. The van der Waals surface area contributed by atoms with Gasteiger partial charge in [-0.3, -0.25) is 0 Å². The second kappa shape index (κ2) is 5.91. The van der Waals surface area contributed by atoms with E-state index < -0.39 is 21.4 Å². The molecule has 0 atom stereocenters. The van der Waals surface area contributed by atoms with Crippen LogP contribution in [0.15, 0.2) is 41.3 Å². The van der Waals surface area contributed by atoms with Crippen molar-refractivity contribution in [3.63, 3.8) is 0 Å². The maximum absolute atomic E-state index is 13.7. The first-order valence-electron chi connectivity index (χ1n) is 5.94. The SMILES string of the molecule is COc1ccc(N)c(S(=O)(=O)Cc2c(F)cccc2Cl)c1. The topological polar surface area (TPSA) is 69.4 Å². The lowest BCUT2D eigenvalue weighted by Crippen LogP contribution is -2.10. The molecule has 21 heavy (non-hydrogen) atoms. The van der Waals surface area contributed by atoms with Crippen LogP contribution in [0.25, 0.3) is 0 Å². The highest BCUT2D eigenvalue weighted by atomic mass is 35.5. The molecule has 112 valence electrons. The van der Waals surface area contributed by atoms with E-state index in [4.69, 9.17) is 22.1 Å². The van der Waals surface area contributed by atoms with Crippen LogP contribution in [-0.4, -0.2) is 15.5 Å². The lowest BCUT2D eigenvalue weighted by molar-refractivity contribution is 0.413. The number of benzene rings is 2. The molecule has 0 bridgehead atoms. The first-order valence-corrected chi connectivity index (χ1v) is 7.97. The van der Waals surface area contributed by atoms with Crippen LogP contribution in [-0.2, 0) is 15.6 Å². The fraction of sp³-hybridized carbons (Fsp3) is 0.143. The summed E-state index contributed by atoms with van der Waals surface area (Å²) in [5.41, 5.74) is 5.69. The molecular formula is C14H13ClFNO3S. The van der Waals surface area contributed by atoms with Gasteiger partial charge in [0.1, 0.15) is 11.6 Å². The van der Waals surface area contributed by atoms with Crippen molar-refractivity contribution in [2.75, 3.05) is 12.8 Å². The van der Waals surface area contributed by atoms with Crippen LogP contribution in [0.4, 0.5) is 10.1 Å². The zero-order valence-corrected chi connectivity index (χ0v) is 12.7. The van der Waals surface area contributed by atoms with Crippen LogP contribution in [0, 0.1) is 5.82 Å². The molecule has 0 aliphatic carbocycles. The molecule has 0 spiro atoms. The molecule has 0 aliphatic rings. The first kappa shape index (κ1) is 15.6. The zero-order valence-electron chi connectivity index (χ0n) is 11.1. The molecule has 0 aromatic heterocycles. The van der Waals surface area contributed by atoms with Gasteiger partial charge in [-0.25, -0.2) is 12.8 Å². The Hall–Kier alpha value is -1.79. The minimum absolute atomic E-state index is 0.0556. The predicted molar refractivity (Wildman–Crippen MR) is 79.7 cm³/mol. The molecule has 0 heterocycles. The number of nitrogen functional groups attached to an aromatic ring is 1. The van der Waals surface area contributed by atoms with Gasteiger partial charge < -0.3 is 10.5 Å². The monoisotopic (exact) mass is 329 g/mol. The highest BCUT2D eigenvalue weighted by Crippen LogP contribution is 2.29. The van der Waals surface area contributed by atoms with E-state index in [0.29, 0.717) is 5.75 Å². The molecule has 0 fully saturated rings. The van der Waals surface area contributed by atoms with Crippen LogP contribution < -0.4 is 10.5 Å². The molecule has 0 saturated heterocycles. The fourth-order valence-electron chi connectivity index (χ4n) is 1.85. The summed E-state index contributed by atoms with van der Waals surface area (Å²) in [6.07, 6.45) is 0. The average Bonchev–Trinajstić information content (AvgIpc) is 2.43. The van der Waals surface area contributed by atoms with E-state index in [2.05, 4.69) is 0 Å². The summed E-state index contributed by atoms with van der Waals surface area (Å²) >= 11 is 5.86. The smallest absolute Gasteiger partial charge is 0.184 e. The summed E-state index contributed by atoms with van der Waals surface area (Å²) in [6, 6.07) is 8.28. The van der Waals surface area contributed by atoms with E-state index in [9.17, 15) is 12.8 Å². The molecule has 4 nitrogen and oxygen atoms in total. The van der Waals surface area contributed by atoms with Crippen molar-refractivity contribution >= 4 is 27.1 Å². The average molecular weight is 330 g/mol. The molecule has 2 rings (SSSR count). The van der Waals surface area contributed by atoms with E-state index >= 15 is 0 Å². The number of halogens is 2. The Labute approximate surface area is 127 Å². The lowest BCUT2D eigenvalue weighted by Gasteiger charge is -2.11. The van der Waals surface area contributed by atoms with Gasteiger partial charge in [-0.1, -0.05) is 17.7 Å². The second-order valence-corrected chi connectivity index (χ2v) is 6.73. The van der Waals surface area contributed by atoms with E-state index in [1.165, 1.54) is 31.4 Å². The quantitative estimate of drug-likeness (QED) is 0.875. The van der Waals surface area contributed by atoms with E-state index in [1.54, 1.807) is 6.07 Å². The van der Waals surface area contributed by atoms with Gasteiger partial charge in [0.2, 0.25) is 0 Å². The maximum Gasteiger partial charge on any atom is 0.184 e. The third-order valence-electron chi connectivity index (χ3n) is 2.95. The zero-order chi connectivity index (χ0) is 15.6. The first-order chi connectivity index (χ1) is 9.85. The second-order valence-electron chi connectivity index (χ2n) is 4.36. The highest BCUT2D eigenvalue weighted by molar-refractivity contribution is 7.90. The van der Waals surface area contributed by atoms with Crippen LogP contribution in [0.1, 0.15) is 5.56 Å². The van der Waals surface area contributed by atoms with Gasteiger partial charge >= 0.3 is 0 Å². The van der Waals surface area contributed by atoms with Gasteiger partial charge in [0, 0.05) is 16.7 Å². The summed E-state index contributed by atoms with van der Waals surface area (Å²) in [5.74, 6) is -0.898. The number of sulfone groups is 1. The molecule has 0 saturated carbocycles. The summed E-state index contributed by atoms with van der Waals surface area (Å²) in [4.78, 5) is -0.110. The van der Waals surface area contributed by atoms with Crippen LogP contribution >= 0.6 is 11.6 Å². The minimum Gasteiger partial charge on any atom is -0.497 e. The Morgan fingerprint density at radius 2 is 2.00 bits per heavy atom. The molecule has 2 N–H and O–H groups in total.